The Hall–Kier alpha value is -3.29. The van der Waals surface area contributed by atoms with Crippen molar-refractivity contribution in [2.24, 2.45) is 0 Å². The first-order chi connectivity index (χ1) is 16.5. The number of benzene rings is 3. The van der Waals surface area contributed by atoms with Crippen LogP contribution in [0.4, 0.5) is 4.79 Å². The van der Waals surface area contributed by atoms with Crippen LogP contribution in [-0.2, 0) is 24.2 Å². The number of amides is 2. The van der Waals surface area contributed by atoms with Gasteiger partial charge in [-0.05, 0) is 66.1 Å². The summed E-state index contributed by atoms with van der Waals surface area (Å²) in [6, 6.07) is 23.2. The number of nitrogens with zero attached hydrogens (tertiary/aromatic N) is 2. The number of fused-ring (bicyclic) bond motifs is 1. The van der Waals surface area contributed by atoms with E-state index in [0.29, 0.717) is 31.0 Å². The highest BCUT2D eigenvalue weighted by molar-refractivity contribution is 8.16. The molecule has 2 heterocycles. The zero-order chi connectivity index (χ0) is 23.5. The summed E-state index contributed by atoms with van der Waals surface area (Å²) in [4.78, 5) is 24.8. The van der Waals surface area contributed by atoms with Gasteiger partial charge in [0.1, 0.15) is 17.1 Å². The van der Waals surface area contributed by atoms with Crippen LogP contribution in [0, 0.1) is 0 Å². The van der Waals surface area contributed by atoms with E-state index in [1.807, 2.05) is 77.5 Å². The van der Waals surface area contributed by atoms with Crippen molar-refractivity contribution >= 4 is 45.4 Å². The van der Waals surface area contributed by atoms with E-state index in [4.69, 9.17) is 16.3 Å². The van der Waals surface area contributed by atoms with Gasteiger partial charge < -0.3 is 4.74 Å². The Balaban J connectivity index is 1.24. The van der Waals surface area contributed by atoms with Gasteiger partial charge in [-0.15, -0.1) is 0 Å². The van der Waals surface area contributed by atoms with Gasteiger partial charge in [0.15, 0.2) is 0 Å². The first-order valence-electron chi connectivity index (χ1n) is 10.9. The van der Waals surface area contributed by atoms with Crippen molar-refractivity contribution in [3.8, 4) is 5.75 Å². The van der Waals surface area contributed by atoms with E-state index >= 15 is 0 Å². The van der Waals surface area contributed by atoms with Crippen LogP contribution in [0.15, 0.2) is 79.0 Å². The van der Waals surface area contributed by atoms with E-state index in [1.165, 1.54) is 0 Å². The molecule has 1 saturated heterocycles. The molecule has 6 nitrogen and oxygen atoms in total. The molecule has 8 heteroatoms. The highest BCUT2D eigenvalue weighted by atomic mass is 35.5. The number of hydrogen-bond donors (Lipinski definition) is 1. The number of hydrogen-bond acceptors (Lipinski definition) is 5. The van der Waals surface area contributed by atoms with Crippen LogP contribution in [-0.4, -0.2) is 32.3 Å². The molecule has 3 aromatic carbocycles. The predicted molar refractivity (Wildman–Crippen MR) is 134 cm³/mol. The zero-order valence-corrected chi connectivity index (χ0v) is 19.8. The highest BCUT2D eigenvalue weighted by Gasteiger charge is 2.47. The third kappa shape index (κ3) is 4.81. The van der Waals surface area contributed by atoms with Gasteiger partial charge in [0.2, 0.25) is 5.91 Å². The maximum atomic E-state index is 12.8. The molecular formula is C26H22ClN3O3S. The topological polar surface area (TPSA) is 73.2 Å². The zero-order valence-electron chi connectivity index (χ0n) is 18.2. The van der Waals surface area contributed by atoms with Crippen molar-refractivity contribution in [3.05, 3.63) is 95.1 Å². The van der Waals surface area contributed by atoms with Gasteiger partial charge in [-0.3, -0.25) is 19.6 Å². The van der Waals surface area contributed by atoms with E-state index in [-0.39, 0.29) is 11.1 Å². The largest absolute Gasteiger partial charge is 0.492 e. The van der Waals surface area contributed by atoms with Crippen LogP contribution < -0.4 is 10.1 Å². The number of nitrogens with one attached hydrogen (secondary N) is 1. The molecule has 172 valence electrons. The van der Waals surface area contributed by atoms with Crippen LogP contribution in [0.25, 0.3) is 10.9 Å². The van der Waals surface area contributed by atoms with Crippen molar-refractivity contribution in [2.45, 2.75) is 24.1 Å². The molecular weight excluding hydrogens is 470 g/mol. The number of carbonyl (C=O) groups is 2. The molecule has 0 radical (unpaired) electrons. The second-order valence-corrected chi connectivity index (χ2v) is 10.0. The van der Waals surface area contributed by atoms with Crippen LogP contribution in [0.5, 0.6) is 5.75 Å². The lowest BCUT2D eigenvalue weighted by Gasteiger charge is -2.24. The summed E-state index contributed by atoms with van der Waals surface area (Å²) in [6.45, 7) is 1.06. The van der Waals surface area contributed by atoms with Crippen molar-refractivity contribution in [3.63, 3.8) is 0 Å². The quantitative estimate of drug-likeness (QED) is 0.363. The minimum Gasteiger partial charge on any atom is -0.492 e. The number of aromatic nitrogens is 2. The molecule has 1 aromatic heterocycles. The lowest BCUT2D eigenvalue weighted by molar-refractivity contribution is -0.121. The van der Waals surface area contributed by atoms with Crippen LogP contribution in [0.2, 0.25) is 5.02 Å². The van der Waals surface area contributed by atoms with Crippen LogP contribution in [0.1, 0.15) is 11.1 Å². The van der Waals surface area contributed by atoms with E-state index in [1.54, 1.807) is 6.20 Å². The molecule has 1 unspecified atom stereocenters. The monoisotopic (exact) mass is 491 g/mol. The number of carbonyl (C=O) groups excluding carboxylic acids is 2. The SMILES string of the molecule is O=C1NC(=O)C(Cc2ccccc2)(Cc2ccc(OCCn3ncc4cc(Cl)ccc43)cc2)S1. The number of ether oxygens (including phenoxy) is 1. The molecule has 1 atom stereocenters. The van der Waals surface area contributed by atoms with E-state index < -0.39 is 4.75 Å². The minimum absolute atomic E-state index is 0.237. The molecule has 5 rings (SSSR count). The summed E-state index contributed by atoms with van der Waals surface area (Å²) in [5.41, 5.74) is 3.00. The molecule has 0 spiro atoms. The second kappa shape index (κ2) is 9.52. The Morgan fingerprint density at radius 2 is 1.71 bits per heavy atom. The Bertz CT molecular complexity index is 1340. The Morgan fingerprint density at radius 1 is 0.971 bits per heavy atom. The molecule has 0 bridgehead atoms. The third-order valence-electron chi connectivity index (χ3n) is 5.84. The minimum atomic E-state index is -0.856. The van der Waals surface area contributed by atoms with Gasteiger partial charge in [-0.25, -0.2) is 0 Å². The Kier molecular flexibility index (Phi) is 6.30. The summed E-state index contributed by atoms with van der Waals surface area (Å²) < 4.78 is 6.94. The standard InChI is InChI=1S/C26H22ClN3O3S/c27-21-8-11-23-20(14-21)17-28-30(23)12-13-33-22-9-6-19(7-10-22)16-26(24(31)29-25(32)34-26)15-18-4-2-1-3-5-18/h1-11,14,17H,12-13,15-16H2,(H,29,31,32). The van der Waals surface area contributed by atoms with Gasteiger partial charge in [0, 0.05) is 10.4 Å². The smallest absolute Gasteiger partial charge is 0.286 e. The molecule has 34 heavy (non-hydrogen) atoms. The van der Waals surface area contributed by atoms with Gasteiger partial charge in [-0.1, -0.05) is 54.1 Å². The fraction of sp³-hybridized carbons (Fsp3) is 0.192. The van der Waals surface area contributed by atoms with Gasteiger partial charge >= 0.3 is 0 Å². The average molecular weight is 492 g/mol. The molecule has 0 saturated carbocycles. The fourth-order valence-electron chi connectivity index (χ4n) is 4.20. The first kappa shape index (κ1) is 22.5. The highest BCUT2D eigenvalue weighted by Crippen LogP contribution is 2.38. The normalized spacial score (nSPS) is 17.8. The first-order valence-corrected chi connectivity index (χ1v) is 12.1. The lowest BCUT2D eigenvalue weighted by atomic mass is 9.90. The van der Waals surface area contributed by atoms with Crippen molar-refractivity contribution in [1.29, 1.82) is 0 Å². The molecule has 1 fully saturated rings. The number of thioether (sulfide) groups is 1. The van der Waals surface area contributed by atoms with Crippen LogP contribution >= 0.6 is 23.4 Å². The van der Waals surface area contributed by atoms with Crippen molar-refractivity contribution in [1.82, 2.24) is 15.1 Å². The molecule has 2 amide bonds. The van der Waals surface area contributed by atoms with Gasteiger partial charge in [0.25, 0.3) is 5.24 Å². The fourth-order valence-corrected chi connectivity index (χ4v) is 5.50. The second-order valence-electron chi connectivity index (χ2n) is 8.24. The maximum absolute atomic E-state index is 12.8. The number of imide groups is 1. The van der Waals surface area contributed by atoms with Crippen molar-refractivity contribution in [2.75, 3.05) is 6.61 Å². The average Bonchev–Trinajstić information content (AvgIpc) is 3.34. The third-order valence-corrected chi connectivity index (χ3v) is 7.23. The van der Waals surface area contributed by atoms with Gasteiger partial charge in [0.05, 0.1) is 18.3 Å². The molecule has 1 aliphatic heterocycles. The summed E-state index contributed by atoms with van der Waals surface area (Å²) in [6.07, 6.45) is 2.73. The summed E-state index contributed by atoms with van der Waals surface area (Å²) in [5, 5.41) is 8.25. The summed E-state index contributed by atoms with van der Waals surface area (Å²) >= 11 is 7.12. The number of rotatable bonds is 8. The van der Waals surface area contributed by atoms with Crippen LogP contribution in [0.3, 0.4) is 0 Å². The maximum Gasteiger partial charge on any atom is 0.286 e. The molecule has 4 aromatic rings. The van der Waals surface area contributed by atoms with Crippen molar-refractivity contribution < 1.29 is 14.3 Å². The Labute approximate surface area is 206 Å². The van der Waals surface area contributed by atoms with E-state index in [0.717, 1.165) is 39.5 Å². The summed E-state index contributed by atoms with van der Waals surface area (Å²) in [5.74, 6) is 0.499. The molecule has 1 aliphatic rings. The Morgan fingerprint density at radius 3 is 2.41 bits per heavy atom. The lowest BCUT2D eigenvalue weighted by Crippen LogP contribution is -2.40. The molecule has 0 aliphatic carbocycles. The van der Waals surface area contributed by atoms with E-state index in [9.17, 15) is 9.59 Å². The van der Waals surface area contributed by atoms with E-state index in [2.05, 4.69) is 10.4 Å². The molecule has 1 N–H and O–H groups in total. The van der Waals surface area contributed by atoms with Gasteiger partial charge in [-0.2, -0.15) is 5.10 Å². The predicted octanol–water partition coefficient (Wildman–Crippen LogP) is 5.28. The summed E-state index contributed by atoms with van der Waals surface area (Å²) in [7, 11) is 0. The number of halogens is 1.